The summed E-state index contributed by atoms with van der Waals surface area (Å²) >= 11 is 5.94. The van der Waals surface area contributed by atoms with Gasteiger partial charge in [-0.1, -0.05) is 25.4 Å². The molecule has 106 valence electrons. The van der Waals surface area contributed by atoms with Crippen molar-refractivity contribution >= 4 is 17.5 Å². The Balaban J connectivity index is 2.76. The van der Waals surface area contributed by atoms with Crippen molar-refractivity contribution in [2.24, 2.45) is 0 Å². The molecule has 1 aromatic heterocycles. The van der Waals surface area contributed by atoms with Crippen LogP contribution in [-0.2, 0) is 4.74 Å². The molecular weight excluding hydrogens is 264 g/mol. The van der Waals surface area contributed by atoms with E-state index < -0.39 is 0 Å². The molecule has 1 aromatic rings. The number of rotatable bonds is 6. The second kappa shape index (κ2) is 7.46. The van der Waals surface area contributed by atoms with Gasteiger partial charge in [-0.2, -0.15) is 0 Å². The molecule has 1 heterocycles. The summed E-state index contributed by atoms with van der Waals surface area (Å²) in [7, 11) is 0. The summed E-state index contributed by atoms with van der Waals surface area (Å²) in [5.41, 5.74) is 1.35. The Bertz CT molecular complexity index is 435. The average molecular weight is 285 g/mol. The molecule has 0 bridgehead atoms. The van der Waals surface area contributed by atoms with Crippen LogP contribution in [0.25, 0.3) is 0 Å². The second-order valence-electron chi connectivity index (χ2n) is 4.79. The second-order valence-corrected chi connectivity index (χ2v) is 5.18. The SMILES string of the molecule is CCOCC(C)NC(=O)c1cc(Cl)nc(C(C)C)c1. The van der Waals surface area contributed by atoms with E-state index in [1.54, 1.807) is 12.1 Å². The van der Waals surface area contributed by atoms with Crippen LogP contribution in [0.5, 0.6) is 0 Å². The first-order valence-corrected chi connectivity index (χ1v) is 6.88. The topological polar surface area (TPSA) is 51.2 Å². The van der Waals surface area contributed by atoms with Crippen LogP contribution in [0.15, 0.2) is 12.1 Å². The van der Waals surface area contributed by atoms with Gasteiger partial charge in [0.05, 0.1) is 6.61 Å². The minimum Gasteiger partial charge on any atom is -0.380 e. The van der Waals surface area contributed by atoms with Gasteiger partial charge in [0.2, 0.25) is 0 Å². The molecule has 0 saturated carbocycles. The van der Waals surface area contributed by atoms with Gasteiger partial charge in [0.25, 0.3) is 5.91 Å². The Morgan fingerprint density at radius 1 is 1.42 bits per heavy atom. The van der Waals surface area contributed by atoms with E-state index in [1.165, 1.54) is 0 Å². The van der Waals surface area contributed by atoms with Gasteiger partial charge in [-0.05, 0) is 31.9 Å². The number of ether oxygens (including phenoxy) is 1. The highest BCUT2D eigenvalue weighted by Gasteiger charge is 2.13. The van der Waals surface area contributed by atoms with Crippen LogP contribution in [0.4, 0.5) is 0 Å². The number of hydrogen-bond donors (Lipinski definition) is 1. The van der Waals surface area contributed by atoms with Crippen molar-refractivity contribution in [2.75, 3.05) is 13.2 Å². The maximum atomic E-state index is 12.1. The molecule has 1 rings (SSSR count). The number of carbonyl (C=O) groups excluding carboxylic acids is 1. The van der Waals surface area contributed by atoms with Gasteiger partial charge in [0.1, 0.15) is 5.15 Å². The van der Waals surface area contributed by atoms with Crippen molar-refractivity contribution in [3.63, 3.8) is 0 Å². The van der Waals surface area contributed by atoms with E-state index in [1.807, 2.05) is 27.7 Å². The number of amides is 1. The third-order valence-electron chi connectivity index (χ3n) is 2.62. The Kier molecular flexibility index (Phi) is 6.25. The monoisotopic (exact) mass is 284 g/mol. The first kappa shape index (κ1) is 15.9. The van der Waals surface area contributed by atoms with Crippen molar-refractivity contribution < 1.29 is 9.53 Å². The molecular formula is C14H21ClN2O2. The lowest BCUT2D eigenvalue weighted by Gasteiger charge is -2.14. The predicted molar refractivity (Wildman–Crippen MR) is 76.8 cm³/mol. The van der Waals surface area contributed by atoms with Crippen molar-refractivity contribution in [1.82, 2.24) is 10.3 Å². The molecule has 1 N–H and O–H groups in total. The Morgan fingerprint density at radius 2 is 2.11 bits per heavy atom. The summed E-state index contributed by atoms with van der Waals surface area (Å²) < 4.78 is 5.26. The van der Waals surface area contributed by atoms with Gasteiger partial charge in [0, 0.05) is 23.9 Å². The maximum absolute atomic E-state index is 12.1. The number of carbonyl (C=O) groups is 1. The maximum Gasteiger partial charge on any atom is 0.251 e. The summed E-state index contributed by atoms with van der Waals surface area (Å²) in [6.45, 7) is 8.98. The van der Waals surface area contributed by atoms with E-state index in [0.29, 0.717) is 23.9 Å². The molecule has 0 saturated heterocycles. The summed E-state index contributed by atoms with van der Waals surface area (Å²) in [6.07, 6.45) is 0. The highest BCUT2D eigenvalue weighted by Crippen LogP contribution is 2.17. The Hall–Kier alpha value is -1.13. The fourth-order valence-electron chi connectivity index (χ4n) is 1.59. The van der Waals surface area contributed by atoms with Crippen molar-refractivity contribution in [3.8, 4) is 0 Å². The zero-order valence-electron chi connectivity index (χ0n) is 11.9. The first-order valence-electron chi connectivity index (χ1n) is 6.50. The summed E-state index contributed by atoms with van der Waals surface area (Å²) in [5.74, 6) is 0.0736. The molecule has 1 unspecified atom stereocenters. The minimum atomic E-state index is -0.154. The quantitative estimate of drug-likeness (QED) is 0.817. The normalized spacial score (nSPS) is 12.5. The molecule has 1 atom stereocenters. The lowest BCUT2D eigenvalue weighted by molar-refractivity contribution is 0.0872. The molecule has 0 aromatic carbocycles. The van der Waals surface area contributed by atoms with Crippen LogP contribution >= 0.6 is 11.6 Å². The van der Waals surface area contributed by atoms with Crippen molar-refractivity contribution in [1.29, 1.82) is 0 Å². The fourth-order valence-corrected chi connectivity index (χ4v) is 1.80. The van der Waals surface area contributed by atoms with Crippen LogP contribution in [0.2, 0.25) is 5.15 Å². The fraction of sp³-hybridized carbons (Fsp3) is 0.571. The zero-order valence-corrected chi connectivity index (χ0v) is 12.6. The molecule has 5 heteroatoms. The van der Waals surface area contributed by atoms with E-state index in [2.05, 4.69) is 10.3 Å². The minimum absolute atomic E-state index is 0.0399. The average Bonchev–Trinajstić information content (AvgIpc) is 2.35. The molecule has 0 spiro atoms. The molecule has 0 radical (unpaired) electrons. The van der Waals surface area contributed by atoms with Crippen LogP contribution < -0.4 is 5.32 Å². The Labute approximate surface area is 119 Å². The lowest BCUT2D eigenvalue weighted by atomic mass is 10.1. The van der Waals surface area contributed by atoms with Gasteiger partial charge < -0.3 is 10.1 Å². The van der Waals surface area contributed by atoms with E-state index in [4.69, 9.17) is 16.3 Å². The van der Waals surface area contributed by atoms with E-state index in [-0.39, 0.29) is 17.9 Å². The number of pyridine rings is 1. The number of nitrogens with zero attached hydrogens (tertiary/aromatic N) is 1. The van der Waals surface area contributed by atoms with Crippen LogP contribution in [0, 0.1) is 0 Å². The van der Waals surface area contributed by atoms with Crippen LogP contribution in [0.1, 0.15) is 49.7 Å². The van der Waals surface area contributed by atoms with Gasteiger partial charge in [-0.25, -0.2) is 4.98 Å². The van der Waals surface area contributed by atoms with Crippen LogP contribution in [-0.4, -0.2) is 30.1 Å². The van der Waals surface area contributed by atoms with Crippen molar-refractivity contribution in [3.05, 3.63) is 28.5 Å². The Morgan fingerprint density at radius 3 is 2.68 bits per heavy atom. The number of nitrogens with one attached hydrogen (secondary N) is 1. The molecule has 1 amide bonds. The molecule has 19 heavy (non-hydrogen) atoms. The van der Waals surface area contributed by atoms with E-state index >= 15 is 0 Å². The van der Waals surface area contributed by atoms with Gasteiger partial charge in [0.15, 0.2) is 0 Å². The molecule has 0 aliphatic heterocycles. The van der Waals surface area contributed by atoms with Gasteiger partial charge >= 0.3 is 0 Å². The summed E-state index contributed by atoms with van der Waals surface area (Å²) in [6, 6.07) is 3.32. The van der Waals surface area contributed by atoms with Gasteiger partial charge in [-0.15, -0.1) is 0 Å². The van der Waals surface area contributed by atoms with Crippen molar-refractivity contribution in [2.45, 2.75) is 39.7 Å². The molecule has 0 aliphatic carbocycles. The van der Waals surface area contributed by atoms with Gasteiger partial charge in [-0.3, -0.25) is 4.79 Å². The largest absolute Gasteiger partial charge is 0.380 e. The highest BCUT2D eigenvalue weighted by atomic mass is 35.5. The third-order valence-corrected chi connectivity index (χ3v) is 2.81. The van der Waals surface area contributed by atoms with E-state index in [9.17, 15) is 4.79 Å². The third kappa shape index (κ3) is 5.17. The number of hydrogen-bond acceptors (Lipinski definition) is 3. The predicted octanol–water partition coefficient (Wildman–Crippen LogP) is 3.01. The smallest absolute Gasteiger partial charge is 0.251 e. The molecule has 0 aliphatic rings. The van der Waals surface area contributed by atoms with E-state index in [0.717, 1.165) is 5.69 Å². The highest BCUT2D eigenvalue weighted by molar-refractivity contribution is 6.29. The molecule has 4 nitrogen and oxygen atoms in total. The molecule has 0 fully saturated rings. The zero-order chi connectivity index (χ0) is 14.4. The standard InChI is InChI=1S/C14H21ClN2O2/c1-5-19-8-10(4)16-14(18)11-6-12(9(2)3)17-13(15)7-11/h6-7,9-10H,5,8H2,1-4H3,(H,16,18). The summed E-state index contributed by atoms with van der Waals surface area (Å²) in [4.78, 5) is 16.3. The number of halogens is 1. The number of aromatic nitrogens is 1. The van der Waals surface area contributed by atoms with Crippen LogP contribution in [0.3, 0.4) is 0 Å². The summed E-state index contributed by atoms with van der Waals surface area (Å²) in [5, 5.41) is 3.22. The first-order chi connectivity index (χ1) is 8.93. The lowest BCUT2D eigenvalue weighted by Crippen LogP contribution is -2.36.